The van der Waals surface area contributed by atoms with Gasteiger partial charge in [-0.15, -0.1) is 0 Å². The van der Waals surface area contributed by atoms with Crippen LogP contribution < -0.4 is 10.9 Å². The Bertz CT molecular complexity index is 430. The third kappa shape index (κ3) is 2.36. The van der Waals surface area contributed by atoms with Crippen molar-refractivity contribution in [3.05, 3.63) is 35.6 Å². The summed E-state index contributed by atoms with van der Waals surface area (Å²) in [7, 11) is 0. The molecule has 1 aromatic carbocycles. The van der Waals surface area contributed by atoms with Crippen molar-refractivity contribution in [3.63, 3.8) is 0 Å². The van der Waals surface area contributed by atoms with Crippen LogP contribution in [0.15, 0.2) is 24.3 Å². The van der Waals surface area contributed by atoms with E-state index < -0.39 is 11.7 Å². The fraction of sp³-hybridized carbons (Fsp3) is 0.273. The number of carbonyl (C=O) groups excluding carboxylic acids is 2. The minimum Gasteiger partial charge on any atom is -0.273 e. The highest BCUT2D eigenvalue weighted by Crippen LogP contribution is 2.28. The summed E-state index contributed by atoms with van der Waals surface area (Å²) in [6, 6.07) is 5.60. The number of amides is 2. The molecule has 0 aliphatic heterocycles. The second-order valence-electron chi connectivity index (χ2n) is 3.70. The van der Waals surface area contributed by atoms with E-state index in [-0.39, 0.29) is 17.4 Å². The van der Waals surface area contributed by atoms with E-state index in [1.165, 1.54) is 18.2 Å². The van der Waals surface area contributed by atoms with Gasteiger partial charge in [0.2, 0.25) is 5.91 Å². The van der Waals surface area contributed by atoms with E-state index >= 15 is 0 Å². The molecule has 0 saturated heterocycles. The summed E-state index contributed by atoms with van der Waals surface area (Å²) in [5.41, 5.74) is 4.36. The molecule has 2 N–H and O–H groups in total. The third-order valence-electron chi connectivity index (χ3n) is 2.37. The number of nitrogens with one attached hydrogen (secondary N) is 2. The minimum absolute atomic E-state index is 0.000852. The lowest BCUT2D eigenvalue weighted by Crippen LogP contribution is -2.42. The maximum Gasteiger partial charge on any atom is 0.272 e. The van der Waals surface area contributed by atoms with Gasteiger partial charge in [-0.05, 0) is 25.0 Å². The van der Waals surface area contributed by atoms with Crippen LogP contribution in [0.1, 0.15) is 23.2 Å². The van der Waals surface area contributed by atoms with Gasteiger partial charge in [-0.3, -0.25) is 20.4 Å². The van der Waals surface area contributed by atoms with E-state index in [2.05, 4.69) is 10.9 Å². The van der Waals surface area contributed by atoms with E-state index in [1.807, 2.05) is 0 Å². The Morgan fingerprint density at radius 2 is 1.88 bits per heavy atom. The molecule has 4 nitrogen and oxygen atoms in total. The number of rotatable bonds is 2. The Balaban J connectivity index is 1.92. The number of hydrogen-bond donors (Lipinski definition) is 2. The van der Waals surface area contributed by atoms with Gasteiger partial charge in [0.15, 0.2) is 0 Å². The fourth-order valence-electron chi connectivity index (χ4n) is 1.28. The summed E-state index contributed by atoms with van der Waals surface area (Å²) in [6.45, 7) is 0. The molecule has 2 amide bonds. The molecule has 0 atom stereocenters. The predicted molar refractivity (Wildman–Crippen MR) is 54.7 cm³/mol. The molecule has 1 aliphatic rings. The van der Waals surface area contributed by atoms with Gasteiger partial charge in [0, 0.05) is 5.92 Å². The first kappa shape index (κ1) is 10.6. The zero-order chi connectivity index (χ0) is 11.5. The van der Waals surface area contributed by atoms with Crippen LogP contribution in [0.3, 0.4) is 0 Å². The lowest BCUT2D eigenvalue weighted by Gasteiger charge is -2.06. The fourth-order valence-corrected chi connectivity index (χ4v) is 1.28. The Hall–Kier alpha value is -1.91. The minimum atomic E-state index is -0.646. The van der Waals surface area contributed by atoms with Gasteiger partial charge < -0.3 is 0 Å². The average molecular weight is 222 g/mol. The maximum atomic E-state index is 13.2. The van der Waals surface area contributed by atoms with Crippen molar-refractivity contribution >= 4 is 11.8 Å². The van der Waals surface area contributed by atoms with Crippen LogP contribution in [0, 0.1) is 11.7 Å². The normalized spacial score (nSPS) is 14.3. The van der Waals surface area contributed by atoms with Gasteiger partial charge >= 0.3 is 0 Å². The highest BCUT2D eigenvalue weighted by atomic mass is 19.1. The van der Waals surface area contributed by atoms with Crippen molar-refractivity contribution in [1.29, 1.82) is 0 Å². The number of benzene rings is 1. The molecule has 0 bridgehead atoms. The van der Waals surface area contributed by atoms with E-state index in [0.717, 1.165) is 12.8 Å². The van der Waals surface area contributed by atoms with Crippen molar-refractivity contribution in [2.75, 3.05) is 0 Å². The van der Waals surface area contributed by atoms with Crippen molar-refractivity contribution in [1.82, 2.24) is 10.9 Å². The molecule has 1 fully saturated rings. The zero-order valence-electron chi connectivity index (χ0n) is 8.50. The van der Waals surface area contributed by atoms with E-state index in [0.29, 0.717) is 0 Å². The second-order valence-corrected chi connectivity index (χ2v) is 3.70. The van der Waals surface area contributed by atoms with Gasteiger partial charge in [-0.25, -0.2) is 4.39 Å². The standard InChI is InChI=1S/C11H11FN2O2/c12-9-4-2-1-3-8(9)11(16)14-13-10(15)7-5-6-7/h1-4,7H,5-6H2,(H,13,15)(H,14,16). The molecule has 16 heavy (non-hydrogen) atoms. The SMILES string of the molecule is O=C(NNC(=O)C1CC1)c1ccccc1F. The Labute approximate surface area is 91.8 Å². The Kier molecular flexibility index (Phi) is 2.85. The molecule has 0 spiro atoms. The smallest absolute Gasteiger partial charge is 0.272 e. The van der Waals surface area contributed by atoms with Crippen molar-refractivity contribution in [2.24, 2.45) is 5.92 Å². The number of hydrazine groups is 1. The largest absolute Gasteiger partial charge is 0.273 e. The van der Waals surface area contributed by atoms with Gasteiger partial charge in [0.05, 0.1) is 5.56 Å². The summed E-state index contributed by atoms with van der Waals surface area (Å²) in [6.07, 6.45) is 1.70. The van der Waals surface area contributed by atoms with Gasteiger partial charge in [0.1, 0.15) is 5.82 Å². The van der Waals surface area contributed by atoms with Gasteiger partial charge in [-0.2, -0.15) is 0 Å². The maximum absolute atomic E-state index is 13.2. The van der Waals surface area contributed by atoms with Gasteiger partial charge in [-0.1, -0.05) is 12.1 Å². The molecule has 1 aromatic rings. The summed E-state index contributed by atoms with van der Waals surface area (Å²) in [5, 5.41) is 0. The van der Waals surface area contributed by atoms with Crippen LogP contribution >= 0.6 is 0 Å². The molecule has 1 aliphatic carbocycles. The second kappa shape index (κ2) is 4.30. The first-order chi connectivity index (χ1) is 7.68. The molecule has 0 unspecified atom stereocenters. The topological polar surface area (TPSA) is 58.2 Å². The molecular formula is C11H11FN2O2. The third-order valence-corrected chi connectivity index (χ3v) is 2.37. The Morgan fingerprint density at radius 3 is 2.50 bits per heavy atom. The number of halogens is 1. The monoisotopic (exact) mass is 222 g/mol. The first-order valence-electron chi connectivity index (χ1n) is 5.03. The van der Waals surface area contributed by atoms with E-state index in [4.69, 9.17) is 0 Å². The summed E-state index contributed by atoms with van der Waals surface area (Å²) < 4.78 is 13.2. The lowest BCUT2D eigenvalue weighted by atomic mass is 10.2. The Morgan fingerprint density at radius 1 is 1.19 bits per heavy atom. The van der Waals surface area contributed by atoms with Crippen molar-refractivity contribution in [3.8, 4) is 0 Å². The molecular weight excluding hydrogens is 211 g/mol. The summed E-state index contributed by atoms with van der Waals surface area (Å²) in [4.78, 5) is 22.7. The predicted octanol–water partition coefficient (Wildman–Crippen LogP) is 0.997. The molecule has 84 valence electrons. The van der Waals surface area contributed by atoms with Crippen LogP contribution in [-0.4, -0.2) is 11.8 Å². The zero-order valence-corrected chi connectivity index (χ0v) is 8.50. The molecule has 0 heterocycles. The summed E-state index contributed by atoms with van der Waals surface area (Å²) >= 11 is 0. The van der Waals surface area contributed by atoms with E-state index in [1.54, 1.807) is 6.07 Å². The van der Waals surface area contributed by atoms with Crippen LogP contribution in [0.2, 0.25) is 0 Å². The number of hydrogen-bond acceptors (Lipinski definition) is 2. The molecule has 0 radical (unpaired) electrons. The average Bonchev–Trinajstić information content (AvgIpc) is 3.10. The number of carbonyl (C=O) groups is 2. The highest BCUT2D eigenvalue weighted by molar-refractivity contribution is 5.95. The molecule has 5 heteroatoms. The highest BCUT2D eigenvalue weighted by Gasteiger charge is 2.29. The lowest BCUT2D eigenvalue weighted by molar-refractivity contribution is -0.123. The molecule has 1 saturated carbocycles. The summed E-state index contributed by atoms with van der Waals surface area (Å²) in [5.74, 6) is -1.47. The van der Waals surface area contributed by atoms with Gasteiger partial charge in [0.25, 0.3) is 5.91 Å². The first-order valence-corrected chi connectivity index (χ1v) is 5.03. The van der Waals surface area contributed by atoms with Crippen LogP contribution in [-0.2, 0) is 4.79 Å². The van der Waals surface area contributed by atoms with Crippen molar-refractivity contribution in [2.45, 2.75) is 12.8 Å². The van der Waals surface area contributed by atoms with E-state index in [9.17, 15) is 14.0 Å². The van der Waals surface area contributed by atoms with Crippen molar-refractivity contribution < 1.29 is 14.0 Å². The molecule has 2 rings (SSSR count). The quantitative estimate of drug-likeness (QED) is 0.733. The van der Waals surface area contributed by atoms with Crippen LogP contribution in [0.4, 0.5) is 4.39 Å². The van der Waals surface area contributed by atoms with Crippen LogP contribution in [0.25, 0.3) is 0 Å². The van der Waals surface area contributed by atoms with Crippen LogP contribution in [0.5, 0.6) is 0 Å². The molecule has 0 aromatic heterocycles.